The van der Waals surface area contributed by atoms with Crippen LogP contribution in [-0.4, -0.2) is 25.7 Å². The fourth-order valence-electron chi connectivity index (χ4n) is 2.40. The van der Waals surface area contributed by atoms with Crippen molar-refractivity contribution in [2.75, 3.05) is 0 Å². The Kier molecular flexibility index (Phi) is 3.83. The van der Waals surface area contributed by atoms with Gasteiger partial charge in [-0.2, -0.15) is 9.36 Å². The van der Waals surface area contributed by atoms with Crippen LogP contribution < -0.4 is 11.4 Å². The second-order valence-corrected chi connectivity index (χ2v) is 5.05. The van der Waals surface area contributed by atoms with Gasteiger partial charge in [0.15, 0.2) is 0 Å². The summed E-state index contributed by atoms with van der Waals surface area (Å²) in [4.78, 5) is 49.7. The van der Waals surface area contributed by atoms with E-state index in [4.69, 9.17) is 0 Å². The summed E-state index contributed by atoms with van der Waals surface area (Å²) in [6, 6.07) is 16.1. The van der Waals surface area contributed by atoms with Gasteiger partial charge < -0.3 is 0 Å². The molecule has 3 rings (SSSR count). The van der Waals surface area contributed by atoms with Gasteiger partial charge in [-0.1, -0.05) is 36.4 Å². The third-order valence-corrected chi connectivity index (χ3v) is 3.47. The average molecular weight is 323 g/mol. The highest BCUT2D eigenvalue weighted by atomic mass is 16.2. The molecule has 0 amide bonds. The molecule has 0 aliphatic carbocycles. The Balaban J connectivity index is 2.32. The Morgan fingerprint density at radius 3 is 1.79 bits per heavy atom. The number of aromatic nitrogens is 3. The minimum atomic E-state index is -0.893. The molecule has 0 aliphatic rings. The largest absolute Gasteiger partial charge is 0.359 e. The molecule has 3 aromatic rings. The number of para-hydroxylation sites is 1. The molecule has 24 heavy (non-hydrogen) atoms. The molecule has 0 unspecified atom stereocenters. The van der Waals surface area contributed by atoms with E-state index in [9.17, 15) is 19.2 Å². The maximum absolute atomic E-state index is 12.7. The SMILES string of the molecule is CC(=O)n1c(=O)n(-c2ccccc2)c(=O)n1C(=O)c1ccccc1. The van der Waals surface area contributed by atoms with E-state index in [-0.39, 0.29) is 11.3 Å². The summed E-state index contributed by atoms with van der Waals surface area (Å²) in [6.45, 7) is 1.12. The molecule has 0 radical (unpaired) electrons. The van der Waals surface area contributed by atoms with E-state index in [1.54, 1.807) is 48.5 Å². The predicted octanol–water partition coefficient (Wildman–Crippen LogP) is 1.15. The Labute approximate surface area is 136 Å². The standard InChI is InChI=1S/C17H13N3O4/c1-12(21)19-16(23)18(14-10-6-3-7-11-14)17(24)20(19)15(22)13-8-4-2-5-9-13/h2-11H,1H3. The number of hydrogen-bond donors (Lipinski definition) is 0. The van der Waals surface area contributed by atoms with Crippen molar-refractivity contribution >= 4 is 11.8 Å². The highest BCUT2D eigenvalue weighted by Gasteiger charge is 2.25. The Hall–Kier alpha value is -3.48. The van der Waals surface area contributed by atoms with Crippen LogP contribution in [0.4, 0.5) is 0 Å². The molecule has 120 valence electrons. The summed E-state index contributed by atoms with van der Waals surface area (Å²) in [5.41, 5.74) is -1.31. The number of hydrogen-bond acceptors (Lipinski definition) is 4. The number of rotatable bonds is 2. The fraction of sp³-hybridized carbons (Fsp3) is 0.0588. The fourth-order valence-corrected chi connectivity index (χ4v) is 2.40. The lowest BCUT2D eigenvalue weighted by Crippen LogP contribution is -2.35. The summed E-state index contributed by atoms with van der Waals surface area (Å²) in [6.07, 6.45) is 0. The van der Waals surface area contributed by atoms with E-state index in [1.165, 1.54) is 12.1 Å². The lowest BCUT2D eigenvalue weighted by Gasteiger charge is -2.04. The minimum absolute atomic E-state index is 0.194. The molecule has 0 N–H and O–H groups in total. The third kappa shape index (κ3) is 2.41. The molecule has 2 aromatic carbocycles. The van der Waals surface area contributed by atoms with Crippen molar-refractivity contribution < 1.29 is 9.59 Å². The maximum atomic E-state index is 12.7. The van der Waals surface area contributed by atoms with Crippen LogP contribution in [0.2, 0.25) is 0 Å². The van der Waals surface area contributed by atoms with Gasteiger partial charge in [0.2, 0.25) is 5.91 Å². The quantitative estimate of drug-likeness (QED) is 0.708. The van der Waals surface area contributed by atoms with Gasteiger partial charge in [0.05, 0.1) is 5.69 Å². The smallest absolute Gasteiger partial charge is 0.273 e. The van der Waals surface area contributed by atoms with Crippen LogP contribution in [0.25, 0.3) is 5.69 Å². The maximum Gasteiger partial charge on any atom is 0.359 e. The van der Waals surface area contributed by atoms with Crippen molar-refractivity contribution in [1.29, 1.82) is 0 Å². The molecule has 7 heteroatoms. The molecule has 1 heterocycles. The predicted molar refractivity (Wildman–Crippen MR) is 86.8 cm³/mol. The van der Waals surface area contributed by atoms with Crippen LogP contribution in [0.15, 0.2) is 70.3 Å². The van der Waals surface area contributed by atoms with Gasteiger partial charge >= 0.3 is 11.4 Å². The van der Waals surface area contributed by atoms with Crippen LogP contribution in [0.3, 0.4) is 0 Å². The van der Waals surface area contributed by atoms with Crippen LogP contribution >= 0.6 is 0 Å². The van der Waals surface area contributed by atoms with Gasteiger partial charge in [0.1, 0.15) is 0 Å². The molecule has 7 nitrogen and oxygen atoms in total. The van der Waals surface area contributed by atoms with Crippen LogP contribution in [0.1, 0.15) is 22.1 Å². The third-order valence-electron chi connectivity index (χ3n) is 3.47. The van der Waals surface area contributed by atoms with Crippen LogP contribution in [0, 0.1) is 0 Å². The topological polar surface area (TPSA) is 83.1 Å². The molecule has 0 atom stereocenters. The van der Waals surface area contributed by atoms with Gasteiger partial charge in [-0.25, -0.2) is 14.2 Å². The number of nitrogens with zero attached hydrogens (tertiary/aromatic N) is 3. The summed E-state index contributed by atoms with van der Waals surface area (Å²) in [5, 5.41) is 0. The van der Waals surface area contributed by atoms with Gasteiger partial charge in [0.25, 0.3) is 5.91 Å². The number of carbonyl (C=O) groups is 2. The van der Waals surface area contributed by atoms with Gasteiger partial charge in [-0.15, -0.1) is 0 Å². The van der Waals surface area contributed by atoms with Crippen molar-refractivity contribution in [1.82, 2.24) is 13.9 Å². The van der Waals surface area contributed by atoms with E-state index in [2.05, 4.69) is 0 Å². The number of benzene rings is 2. The summed E-state index contributed by atoms with van der Waals surface area (Å²) in [7, 11) is 0. The minimum Gasteiger partial charge on any atom is -0.273 e. The van der Waals surface area contributed by atoms with Crippen molar-refractivity contribution in [2.24, 2.45) is 0 Å². The van der Waals surface area contributed by atoms with E-state index in [0.717, 1.165) is 11.5 Å². The first-order chi connectivity index (χ1) is 11.5. The zero-order valence-electron chi connectivity index (χ0n) is 12.7. The molecule has 0 saturated carbocycles. The second kappa shape index (κ2) is 5.96. The Morgan fingerprint density at radius 1 is 0.750 bits per heavy atom. The first-order valence-corrected chi connectivity index (χ1v) is 7.15. The van der Waals surface area contributed by atoms with E-state index in [1.807, 2.05) is 0 Å². The Morgan fingerprint density at radius 2 is 1.25 bits per heavy atom. The lowest BCUT2D eigenvalue weighted by atomic mass is 10.2. The molecule has 0 fully saturated rings. The zero-order chi connectivity index (χ0) is 17.3. The zero-order valence-corrected chi connectivity index (χ0v) is 12.7. The van der Waals surface area contributed by atoms with Crippen molar-refractivity contribution in [2.45, 2.75) is 6.92 Å². The second-order valence-electron chi connectivity index (χ2n) is 5.05. The first kappa shape index (κ1) is 15.4. The molecule has 1 aromatic heterocycles. The number of carbonyl (C=O) groups excluding carboxylic acids is 2. The van der Waals surface area contributed by atoms with Gasteiger partial charge in [-0.3, -0.25) is 9.59 Å². The Bertz CT molecular complexity index is 1030. The van der Waals surface area contributed by atoms with E-state index >= 15 is 0 Å². The summed E-state index contributed by atoms with van der Waals surface area (Å²) >= 11 is 0. The van der Waals surface area contributed by atoms with Gasteiger partial charge in [0, 0.05) is 12.5 Å². The van der Waals surface area contributed by atoms with Crippen molar-refractivity contribution in [3.8, 4) is 5.69 Å². The monoisotopic (exact) mass is 323 g/mol. The van der Waals surface area contributed by atoms with Gasteiger partial charge in [-0.05, 0) is 24.3 Å². The van der Waals surface area contributed by atoms with Crippen molar-refractivity contribution in [3.05, 3.63) is 87.2 Å². The van der Waals surface area contributed by atoms with Crippen LogP contribution in [0.5, 0.6) is 0 Å². The molecule has 0 aliphatic heterocycles. The molecular formula is C17H13N3O4. The average Bonchev–Trinajstić information content (AvgIpc) is 2.86. The molecule has 0 spiro atoms. The molecular weight excluding hydrogens is 310 g/mol. The highest BCUT2D eigenvalue weighted by Crippen LogP contribution is 2.04. The first-order valence-electron chi connectivity index (χ1n) is 7.15. The summed E-state index contributed by atoms with van der Waals surface area (Å²) in [5.74, 6) is -1.47. The van der Waals surface area contributed by atoms with E-state index < -0.39 is 23.2 Å². The summed E-state index contributed by atoms with van der Waals surface area (Å²) < 4.78 is 1.90. The lowest BCUT2D eigenvalue weighted by molar-refractivity contribution is 0.0827. The van der Waals surface area contributed by atoms with Crippen molar-refractivity contribution in [3.63, 3.8) is 0 Å². The molecule has 0 bridgehead atoms. The van der Waals surface area contributed by atoms with E-state index in [0.29, 0.717) is 9.36 Å². The van der Waals surface area contributed by atoms with Crippen LogP contribution in [-0.2, 0) is 0 Å². The highest BCUT2D eigenvalue weighted by molar-refractivity contribution is 5.96. The molecule has 0 saturated heterocycles. The normalized spacial score (nSPS) is 10.5.